The van der Waals surface area contributed by atoms with Gasteiger partial charge in [0.05, 0.1) is 21.8 Å². The molecule has 3 heterocycles. The third-order valence-corrected chi connectivity index (χ3v) is 8.51. The number of anilines is 1. The van der Waals surface area contributed by atoms with E-state index in [1.165, 1.54) is 33.5 Å². The maximum atomic E-state index is 14.7. The van der Waals surface area contributed by atoms with Gasteiger partial charge in [0, 0.05) is 44.7 Å². The van der Waals surface area contributed by atoms with Gasteiger partial charge in [0.25, 0.3) is 11.5 Å². The number of nitrogens with one attached hydrogen (secondary N) is 2. The number of piperazine rings is 1. The lowest BCUT2D eigenvalue weighted by atomic mass is 9.99. The maximum absolute atomic E-state index is 14.7. The minimum absolute atomic E-state index is 0.0712. The summed E-state index contributed by atoms with van der Waals surface area (Å²) in [7, 11) is -3.65. The summed E-state index contributed by atoms with van der Waals surface area (Å²) in [5, 5.41) is 9.94. The van der Waals surface area contributed by atoms with Crippen LogP contribution in [0.25, 0.3) is 0 Å². The number of carbonyl (C=O) groups is 1. The van der Waals surface area contributed by atoms with Gasteiger partial charge < -0.3 is 10.2 Å². The Hall–Kier alpha value is -3.57. The van der Waals surface area contributed by atoms with Crippen LogP contribution in [-0.4, -0.2) is 66.5 Å². The molecule has 0 saturated carbocycles. The van der Waals surface area contributed by atoms with E-state index < -0.39 is 21.7 Å². The number of benzene rings is 2. The standard InChI is InChI=1S/C25H26FN5O4S/c26-21-9-8-17(16-22-23-19(7-4-10-27-23)24(32)29-28-22)15-20(21)25(33)30-11-13-31(14-12-30)36(34,35)18-5-2-1-3-6-18/h1-3,5-6,8-9,15,27H,4,7,10-14,16H2,(H,29,32). The molecule has 0 atom stereocenters. The molecule has 0 aliphatic carbocycles. The molecule has 1 fully saturated rings. The van der Waals surface area contributed by atoms with Crippen LogP contribution in [0.15, 0.2) is 58.2 Å². The number of H-pyrrole nitrogens is 1. The largest absolute Gasteiger partial charge is 0.383 e. The summed E-state index contributed by atoms with van der Waals surface area (Å²) in [5.74, 6) is -1.13. The van der Waals surface area contributed by atoms with Crippen LogP contribution in [0.5, 0.6) is 0 Å². The van der Waals surface area contributed by atoms with Crippen LogP contribution in [0.3, 0.4) is 0 Å². The van der Waals surface area contributed by atoms with E-state index in [1.807, 2.05) is 0 Å². The fourth-order valence-electron chi connectivity index (χ4n) is 4.67. The van der Waals surface area contributed by atoms with Crippen LogP contribution in [0.2, 0.25) is 0 Å². The quantitative estimate of drug-likeness (QED) is 0.542. The summed E-state index contributed by atoms with van der Waals surface area (Å²) < 4.78 is 41.8. The lowest BCUT2D eigenvalue weighted by Crippen LogP contribution is -2.50. The van der Waals surface area contributed by atoms with Gasteiger partial charge >= 0.3 is 0 Å². The first-order valence-electron chi connectivity index (χ1n) is 11.8. The first kappa shape index (κ1) is 24.1. The summed E-state index contributed by atoms with van der Waals surface area (Å²) in [4.78, 5) is 26.9. The maximum Gasteiger partial charge on any atom is 0.269 e. The number of aromatic amines is 1. The molecule has 2 aliphatic rings. The molecule has 0 unspecified atom stereocenters. The van der Waals surface area contributed by atoms with Crippen LogP contribution >= 0.6 is 0 Å². The molecule has 0 bridgehead atoms. The van der Waals surface area contributed by atoms with Crippen molar-refractivity contribution < 1.29 is 17.6 Å². The van der Waals surface area contributed by atoms with Crippen molar-refractivity contribution in [2.75, 3.05) is 38.0 Å². The molecule has 5 rings (SSSR count). The second-order valence-corrected chi connectivity index (χ2v) is 10.8. The molecule has 188 valence electrons. The first-order chi connectivity index (χ1) is 17.3. The number of halogens is 1. The van der Waals surface area contributed by atoms with Crippen LogP contribution in [0.4, 0.5) is 10.1 Å². The van der Waals surface area contributed by atoms with E-state index >= 15 is 0 Å². The van der Waals surface area contributed by atoms with Gasteiger partial charge in [0.15, 0.2) is 0 Å². The van der Waals surface area contributed by atoms with E-state index in [9.17, 15) is 22.4 Å². The van der Waals surface area contributed by atoms with Crippen molar-refractivity contribution >= 4 is 21.6 Å². The minimum Gasteiger partial charge on any atom is -0.383 e. The average molecular weight is 512 g/mol. The highest BCUT2D eigenvalue weighted by Gasteiger charge is 2.31. The van der Waals surface area contributed by atoms with Gasteiger partial charge in [-0.2, -0.15) is 9.40 Å². The topological polar surface area (TPSA) is 115 Å². The van der Waals surface area contributed by atoms with Gasteiger partial charge in [-0.1, -0.05) is 24.3 Å². The molecule has 36 heavy (non-hydrogen) atoms. The third-order valence-electron chi connectivity index (χ3n) is 6.60. The summed E-state index contributed by atoms with van der Waals surface area (Å²) in [6.45, 7) is 1.32. The van der Waals surface area contributed by atoms with E-state index in [-0.39, 0.29) is 42.2 Å². The monoisotopic (exact) mass is 511 g/mol. The second kappa shape index (κ2) is 9.82. The predicted octanol–water partition coefficient (Wildman–Crippen LogP) is 2.00. The van der Waals surface area contributed by atoms with Crippen molar-refractivity contribution in [1.29, 1.82) is 0 Å². The highest BCUT2D eigenvalue weighted by Crippen LogP contribution is 2.25. The molecular formula is C25H26FN5O4S. The zero-order valence-electron chi connectivity index (χ0n) is 19.5. The Bertz CT molecular complexity index is 1450. The van der Waals surface area contributed by atoms with Gasteiger partial charge in [0.2, 0.25) is 10.0 Å². The number of hydrogen-bond donors (Lipinski definition) is 2. The second-order valence-electron chi connectivity index (χ2n) is 8.88. The highest BCUT2D eigenvalue weighted by atomic mass is 32.2. The van der Waals surface area contributed by atoms with E-state index in [1.54, 1.807) is 24.3 Å². The average Bonchev–Trinajstić information content (AvgIpc) is 2.91. The van der Waals surface area contributed by atoms with Crippen molar-refractivity contribution in [3.8, 4) is 0 Å². The SMILES string of the molecule is O=C(c1cc(Cc2n[nH]c(=O)c3c2NCCC3)ccc1F)N1CCN(S(=O)(=O)c2ccccc2)CC1. The molecular weight excluding hydrogens is 485 g/mol. The molecule has 2 N–H and O–H groups in total. The fraction of sp³-hybridized carbons (Fsp3) is 0.320. The molecule has 1 amide bonds. The van der Waals surface area contributed by atoms with E-state index in [2.05, 4.69) is 15.5 Å². The third kappa shape index (κ3) is 4.63. The van der Waals surface area contributed by atoms with Crippen molar-refractivity contribution in [1.82, 2.24) is 19.4 Å². The fourth-order valence-corrected chi connectivity index (χ4v) is 6.11. The Morgan fingerprint density at radius 2 is 1.81 bits per heavy atom. The van der Waals surface area contributed by atoms with Crippen LogP contribution in [0.1, 0.15) is 33.6 Å². The lowest BCUT2D eigenvalue weighted by Gasteiger charge is -2.34. The number of hydrogen-bond acceptors (Lipinski definition) is 6. The summed E-state index contributed by atoms with van der Waals surface area (Å²) in [6.07, 6.45) is 1.83. The van der Waals surface area contributed by atoms with E-state index in [0.29, 0.717) is 35.3 Å². The van der Waals surface area contributed by atoms with Gasteiger partial charge in [-0.15, -0.1) is 0 Å². The molecule has 2 aliphatic heterocycles. The number of rotatable bonds is 5. The number of carbonyl (C=O) groups excluding carboxylic acids is 1. The number of aromatic nitrogens is 2. The normalized spacial score (nSPS) is 16.3. The van der Waals surface area contributed by atoms with Gasteiger partial charge in [-0.3, -0.25) is 9.59 Å². The molecule has 3 aromatic rings. The van der Waals surface area contributed by atoms with Crippen LogP contribution in [0, 0.1) is 5.82 Å². The van der Waals surface area contributed by atoms with Crippen molar-refractivity contribution in [3.05, 3.63) is 87.1 Å². The van der Waals surface area contributed by atoms with Gasteiger partial charge in [0.1, 0.15) is 5.82 Å². The molecule has 9 nitrogen and oxygen atoms in total. The number of sulfonamides is 1. The van der Waals surface area contributed by atoms with Gasteiger partial charge in [-0.25, -0.2) is 17.9 Å². The van der Waals surface area contributed by atoms with E-state index in [4.69, 9.17) is 0 Å². The Balaban J connectivity index is 1.31. The van der Waals surface area contributed by atoms with Crippen LogP contribution in [-0.2, 0) is 22.9 Å². The molecule has 11 heteroatoms. The minimum atomic E-state index is -3.65. The molecule has 0 spiro atoms. The molecule has 0 radical (unpaired) electrons. The first-order valence-corrected chi connectivity index (χ1v) is 13.3. The molecule has 2 aromatic carbocycles. The Kier molecular flexibility index (Phi) is 6.59. The molecule has 1 saturated heterocycles. The van der Waals surface area contributed by atoms with Crippen molar-refractivity contribution in [2.45, 2.75) is 24.2 Å². The Morgan fingerprint density at radius 1 is 1.06 bits per heavy atom. The Labute approximate surface area is 208 Å². The zero-order chi connectivity index (χ0) is 25.3. The summed E-state index contributed by atoms with van der Waals surface area (Å²) >= 11 is 0. The summed E-state index contributed by atoms with van der Waals surface area (Å²) in [6, 6.07) is 12.5. The van der Waals surface area contributed by atoms with Gasteiger partial charge in [-0.05, 0) is 42.7 Å². The Morgan fingerprint density at radius 3 is 2.56 bits per heavy atom. The lowest BCUT2D eigenvalue weighted by molar-refractivity contribution is 0.0693. The highest BCUT2D eigenvalue weighted by molar-refractivity contribution is 7.89. The smallest absolute Gasteiger partial charge is 0.269 e. The van der Waals surface area contributed by atoms with Crippen molar-refractivity contribution in [2.24, 2.45) is 0 Å². The van der Waals surface area contributed by atoms with E-state index in [0.717, 1.165) is 13.0 Å². The number of nitrogens with zero attached hydrogens (tertiary/aromatic N) is 3. The summed E-state index contributed by atoms with van der Waals surface area (Å²) in [5.41, 5.74) is 2.39. The van der Waals surface area contributed by atoms with Crippen LogP contribution < -0.4 is 10.9 Å². The molecule has 1 aromatic heterocycles. The zero-order valence-corrected chi connectivity index (χ0v) is 20.4. The van der Waals surface area contributed by atoms with Crippen molar-refractivity contribution in [3.63, 3.8) is 0 Å². The number of amides is 1. The number of fused-ring (bicyclic) bond motifs is 1. The predicted molar refractivity (Wildman–Crippen MR) is 132 cm³/mol.